The van der Waals surface area contributed by atoms with Crippen LogP contribution in [0, 0.1) is 0 Å². The number of carbonyl (C=O) groups is 4. The standard InChI is InChI=1S/C41H37N3O6S/c42-24-36(46)44-25-35(45)40(51,38(49)50-26-28-14-12-22-33-32-21-11-10-13-27(32)23-34(28)33)41(43,37(47)48)39(29-15-4-1-5-16-29,30-17-6-2-7-18-30)31-19-8-3-9-20-31/h1-22,51H,23-26,42-43H2,(H,44,46)(H,47,48). The first-order chi connectivity index (χ1) is 24.6. The second kappa shape index (κ2) is 14.4. The molecular weight excluding hydrogens is 663 g/mol. The lowest BCUT2D eigenvalue weighted by atomic mass is 9.53. The van der Waals surface area contributed by atoms with Gasteiger partial charge in [0, 0.05) is 0 Å². The van der Waals surface area contributed by atoms with E-state index in [4.69, 9.17) is 28.8 Å². The number of aliphatic carboxylic acids is 1. The molecule has 0 aromatic heterocycles. The highest BCUT2D eigenvalue weighted by molar-refractivity contribution is 7.84. The number of nitrogens with one attached hydrogen (secondary N) is 1. The number of carbonyl (C=O) groups excluding carboxylic acids is 3. The van der Waals surface area contributed by atoms with Crippen molar-refractivity contribution in [2.75, 3.05) is 13.1 Å². The molecule has 0 aliphatic heterocycles. The minimum absolute atomic E-state index is 0.300. The number of benzene rings is 5. The number of carboxylic acids is 1. The molecule has 0 bridgehead atoms. The van der Waals surface area contributed by atoms with E-state index in [0.717, 1.165) is 22.3 Å². The molecule has 51 heavy (non-hydrogen) atoms. The molecule has 5 aromatic carbocycles. The zero-order valence-corrected chi connectivity index (χ0v) is 28.5. The number of thiol groups is 1. The Labute approximate surface area is 301 Å². The summed E-state index contributed by atoms with van der Waals surface area (Å²) in [7, 11) is 0. The molecule has 10 heteroatoms. The van der Waals surface area contributed by atoms with Gasteiger partial charge in [0.1, 0.15) is 6.61 Å². The molecule has 0 radical (unpaired) electrons. The number of carboxylic acid groups (broad SMARTS) is 1. The highest BCUT2D eigenvalue weighted by Gasteiger charge is 2.73. The summed E-state index contributed by atoms with van der Waals surface area (Å²) in [6.45, 7) is -1.55. The highest BCUT2D eigenvalue weighted by Crippen LogP contribution is 2.53. The average Bonchev–Trinajstić information content (AvgIpc) is 3.56. The number of Topliss-reactive ketones (excluding diaryl/α,β-unsaturated/α-hetero) is 1. The molecule has 9 nitrogen and oxygen atoms in total. The number of nitrogens with two attached hydrogens (primary N) is 2. The monoisotopic (exact) mass is 699 g/mol. The molecule has 0 fully saturated rings. The van der Waals surface area contributed by atoms with E-state index in [-0.39, 0.29) is 6.61 Å². The van der Waals surface area contributed by atoms with Crippen LogP contribution in [0.15, 0.2) is 133 Å². The van der Waals surface area contributed by atoms with Crippen LogP contribution in [0.4, 0.5) is 0 Å². The van der Waals surface area contributed by atoms with Crippen molar-refractivity contribution in [1.29, 1.82) is 0 Å². The van der Waals surface area contributed by atoms with Gasteiger partial charge in [-0.3, -0.25) is 14.4 Å². The van der Waals surface area contributed by atoms with Gasteiger partial charge in [-0.2, -0.15) is 12.6 Å². The van der Waals surface area contributed by atoms with E-state index in [9.17, 15) is 24.3 Å². The summed E-state index contributed by atoms with van der Waals surface area (Å²) in [5, 5.41) is 13.9. The van der Waals surface area contributed by atoms with Crippen LogP contribution in [0.3, 0.4) is 0 Å². The summed E-state index contributed by atoms with van der Waals surface area (Å²) in [6, 6.07) is 39.3. The van der Waals surface area contributed by atoms with Crippen molar-refractivity contribution in [2.45, 2.75) is 28.7 Å². The number of esters is 1. The fourth-order valence-electron chi connectivity index (χ4n) is 7.31. The van der Waals surface area contributed by atoms with Crippen LogP contribution in [0.5, 0.6) is 0 Å². The van der Waals surface area contributed by atoms with Gasteiger partial charge in [-0.25, -0.2) is 4.79 Å². The molecule has 5 aromatic rings. The molecule has 0 heterocycles. The fourth-order valence-corrected chi connectivity index (χ4v) is 7.72. The van der Waals surface area contributed by atoms with Gasteiger partial charge < -0.3 is 26.6 Å². The van der Waals surface area contributed by atoms with E-state index in [1.807, 2.05) is 42.5 Å². The Hall–Kier alpha value is -5.55. The second-order valence-corrected chi connectivity index (χ2v) is 13.1. The van der Waals surface area contributed by atoms with Crippen molar-refractivity contribution in [2.24, 2.45) is 11.5 Å². The lowest BCUT2D eigenvalue weighted by Gasteiger charge is -2.52. The molecule has 0 saturated heterocycles. The van der Waals surface area contributed by atoms with Crippen LogP contribution in [0.2, 0.25) is 0 Å². The summed E-state index contributed by atoms with van der Waals surface area (Å²) in [5.74, 6) is -4.80. The normalized spacial score (nSPS) is 14.3. The Morgan fingerprint density at radius 3 is 1.76 bits per heavy atom. The van der Waals surface area contributed by atoms with Crippen molar-refractivity contribution in [3.63, 3.8) is 0 Å². The van der Waals surface area contributed by atoms with Gasteiger partial charge in [0.2, 0.25) is 10.7 Å². The average molecular weight is 700 g/mol. The largest absolute Gasteiger partial charge is 0.480 e. The lowest BCUT2D eigenvalue weighted by Crippen LogP contribution is -2.79. The molecule has 0 saturated carbocycles. The van der Waals surface area contributed by atoms with Gasteiger partial charge >= 0.3 is 11.9 Å². The Kier molecular flexibility index (Phi) is 9.93. The minimum atomic E-state index is -2.91. The van der Waals surface area contributed by atoms with Crippen molar-refractivity contribution < 1.29 is 29.0 Å². The zero-order valence-electron chi connectivity index (χ0n) is 27.6. The van der Waals surface area contributed by atoms with Crippen LogP contribution in [-0.4, -0.2) is 52.1 Å². The summed E-state index contributed by atoms with van der Waals surface area (Å²) >= 11 is 4.76. The number of ketones is 1. The van der Waals surface area contributed by atoms with Gasteiger partial charge in [0.15, 0.2) is 11.3 Å². The number of fused-ring (bicyclic) bond motifs is 3. The predicted octanol–water partition coefficient (Wildman–Crippen LogP) is 4.43. The van der Waals surface area contributed by atoms with E-state index < -0.39 is 52.4 Å². The molecule has 1 aliphatic carbocycles. The second-order valence-electron chi connectivity index (χ2n) is 12.4. The summed E-state index contributed by atoms with van der Waals surface area (Å²) in [6.07, 6.45) is 0.602. The van der Waals surface area contributed by atoms with Crippen molar-refractivity contribution in [3.05, 3.63) is 167 Å². The number of hydrogen-bond donors (Lipinski definition) is 5. The number of ether oxygens (including phenoxy) is 1. The molecule has 258 valence electrons. The Bertz CT molecular complexity index is 2000. The van der Waals surface area contributed by atoms with Crippen LogP contribution < -0.4 is 16.8 Å². The third-order valence-corrected chi connectivity index (χ3v) is 10.5. The first-order valence-electron chi connectivity index (χ1n) is 16.4. The molecule has 6 rings (SSSR count). The fraction of sp³-hybridized carbons (Fsp3) is 0.171. The van der Waals surface area contributed by atoms with E-state index in [2.05, 4.69) is 5.32 Å². The van der Waals surface area contributed by atoms with Crippen LogP contribution in [0.1, 0.15) is 33.4 Å². The minimum Gasteiger partial charge on any atom is -0.480 e. The molecular formula is C41H37N3O6S. The first-order valence-corrected chi connectivity index (χ1v) is 16.8. The SMILES string of the molecule is NCC(=O)NCC(=O)C(S)(C(=O)OCc1cccc2c1Cc1ccccc1-2)C(N)(C(=O)O)C(c1ccccc1)(c1ccccc1)c1ccccc1. The van der Waals surface area contributed by atoms with E-state index in [0.29, 0.717) is 28.7 Å². The lowest BCUT2D eigenvalue weighted by molar-refractivity contribution is -0.162. The Morgan fingerprint density at radius 1 is 0.725 bits per heavy atom. The zero-order chi connectivity index (χ0) is 36.2. The third kappa shape index (κ3) is 5.81. The van der Waals surface area contributed by atoms with Crippen molar-refractivity contribution >= 4 is 36.3 Å². The Morgan fingerprint density at radius 2 is 1.24 bits per heavy atom. The maximum atomic E-state index is 14.8. The number of amides is 1. The molecule has 0 spiro atoms. The predicted molar refractivity (Wildman–Crippen MR) is 197 cm³/mol. The summed E-state index contributed by atoms with van der Waals surface area (Å²) < 4.78 is 3.04. The van der Waals surface area contributed by atoms with E-state index in [1.165, 1.54) is 0 Å². The highest BCUT2D eigenvalue weighted by atomic mass is 32.1. The molecule has 2 unspecified atom stereocenters. The van der Waals surface area contributed by atoms with Gasteiger partial charge in [-0.05, 0) is 50.9 Å². The van der Waals surface area contributed by atoms with E-state index in [1.54, 1.807) is 91.0 Å². The number of hydrogen-bond acceptors (Lipinski definition) is 8. The van der Waals surface area contributed by atoms with E-state index >= 15 is 0 Å². The summed E-state index contributed by atoms with van der Waals surface area (Å²) in [5.41, 5.74) is 13.9. The Balaban J connectivity index is 1.56. The number of rotatable bonds is 13. The maximum absolute atomic E-state index is 14.8. The van der Waals surface area contributed by atoms with Crippen molar-refractivity contribution in [1.82, 2.24) is 5.32 Å². The first kappa shape index (κ1) is 35.3. The van der Waals surface area contributed by atoms with Gasteiger partial charge in [-0.1, -0.05) is 133 Å². The molecule has 1 amide bonds. The van der Waals surface area contributed by atoms with Crippen LogP contribution in [-0.2, 0) is 42.4 Å². The molecule has 2 atom stereocenters. The topological polar surface area (TPSA) is 162 Å². The molecule has 6 N–H and O–H groups in total. The van der Waals surface area contributed by atoms with Crippen LogP contribution in [0.25, 0.3) is 11.1 Å². The van der Waals surface area contributed by atoms with Gasteiger partial charge in [-0.15, -0.1) is 0 Å². The quantitative estimate of drug-likeness (QED) is 0.0512. The van der Waals surface area contributed by atoms with Crippen molar-refractivity contribution in [3.8, 4) is 11.1 Å². The third-order valence-electron chi connectivity index (χ3n) is 9.76. The molecule has 1 aliphatic rings. The smallest absolute Gasteiger partial charge is 0.332 e. The van der Waals surface area contributed by atoms with Crippen LogP contribution >= 0.6 is 12.6 Å². The van der Waals surface area contributed by atoms with Gasteiger partial charge in [0.05, 0.1) is 18.5 Å². The summed E-state index contributed by atoms with van der Waals surface area (Å²) in [4.78, 5) is 55.8. The maximum Gasteiger partial charge on any atom is 0.332 e. The van der Waals surface area contributed by atoms with Gasteiger partial charge in [0.25, 0.3) is 0 Å².